The van der Waals surface area contributed by atoms with Crippen molar-refractivity contribution in [3.05, 3.63) is 21.9 Å². The number of carbonyl (C=O) groups excluding carboxylic acids is 2. The van der Waals surface area contributed by atoms with Gasteiger partial charge in [-0.2, -0.15) is 11.3 Å². The van der Waals surface area contributed by atoms with E-state index in [4.69, 9.17) is 0 Å². The highest BCUT2D eigenvalue weighted by atomic mass is 32.1. The molecule has 0 saturated heterocycles. The molecule has 0 aliphatic rings. The molecule has 4 heteroatoms. The number of hydrogen-bond acceptors (Lipinski definition) is 3. The Kier molecular flexibility index (Phi) is 3.89. The molecule has 1 heterocycles. The zero-order valence-corrected chi connectivity index (χ0v) is 8.48. The number of nitrogens with one attached hydrogen (secondary N) is 1. The molecule has 1 N–H and O–H groups in total. The lowest BCUT2D eigenvalue weighted by Gasteiger charge is -1.90. The lowest BCUT2D eigenvalue weighted by molar-refractivity contribution is -0.118. The lowest BCUT2D eigenvalue weighted by atomic mass is 10.2. The minimum atomic E-state index is -0.111. The second-order valence-corrected chi connectivity index (χ2v) is 3.31. The average molecular weight is 207 g/mol. The number of rotatable bonds is 2. The van der Waals surface area contributed by atoms with Crippen LogP contribution in [-0.4, -0.2) is 18.7 Å². The standard InChI is InChI=1S/C10H9NO2S/c1-8(13)11-4-2-3-9-6-14-7-10(9)5-12/h5-7H,4H2,1H3,(H,11,13). The molecule has 0 aliphatic carbocycles. The molecule has 1 aromatic rings. The summed E-state index contributed by atoms with van der Waals surface area (Å²) in [4.78, 5) is 21.0. The van der Waals surface area contributed by atoms with Crippen LogP contribution >= 0.6 is 11.3 Å². The van der Waals surface area contributed by atoms with Gasteiger partial charge in [-0.15, -0.1) is 0 Å². The molecule has 0 aromatic carbocycles. The topological polar surface area (TPSA) is 46.2 Å². The smallest absolute Gasteiger partial charge is 0.217 e. The van der Waals surface area contributed by atoms with Crippen LogP contribution in [0.5, 0.6) is 0 Å². The highest BCUT2D eigenvalue weighted by Gasteiger charge is 1.97. The maximum Gasteiger partial charge on any atom is 0.217 e. The van der Waals surface area contributed by atoms with E-state index in [9.17, 15) is 9.59 Å². The Bertz CT molecular complexity index is 398. The molecular formula is C10H9NO2S. The maximum atomic E-state index is 10.5. The van der Waals surface area contributed by atoms with Gasteiger partial charge in [0.25, 0.3) is 0 Å². The van der Waals surface area contributed by atoms with Gasteiger partial charge in [0.05, 0.1) is 6.54 Å². The first kappa shape index (κ1) is 10.5. The molecule has 14 heavy (non-hydrogen) atoms. The molecule has 0 saturated carbocycles. The third-order valence-corrected chi connectivity index (χ3v) is 2.23. The zero-order valence-electron chi connectivity index (χ0n) is 7.66. The first-order chi connectivity index (χ1) is 6.74. The number of thiophene rings is 1. The molecule has 72 valence electrons. The monoisotopic (exact) mass is 207 g/mol. The molecule has 0 unspecified atom stereocenters. The van der Waals surface area contributed by atoms with Crippen molar-refractivity contribution in [1.29, 1.82) is 0 Å². The summed E-state index contributed by atoms with van der Waals surface area (Å²) >= 11 is 1.43. The molecule has 0 bridgehead atoms. The molecule has 0 fully saturated rings. The highest BCUT2D eigenvalue weighted by molar-refractivity contribution is 7.08. The number of amides is 1. The van der Waals surface area contributed by atoms with E-state index in [0.29, 0.717) is 12.1 Å². The molecular weight excluding hydrogens is 198 g/mol. The summed E-state index contributed by atoms with van der Waals surface area (Å²) in [6.07, 6.45) is 0.777. The van der Waals surface area contributed by atoms with E-state index in [-0.39, 0.29) is 5.91 Å². The first-order valence-electron chi connectivity index (χ1n) is 3.98. The Morgan fingerprint density at radius 2 is 2.43 bits per heavy atom. The molecule has 1 rings (SSSR count). The number of carbonyl (C=O) groups is 2. The minimum Gasteiger partial charge on any atom is -0.345 e. The van der Waals surface area contributed by atoms with Crippen molar-refractivity contribution < 1.29 is 9.59 Å². The summed E-state index contributed by atoms with van der Waals surface area (Å²) in [6.45, 7) is 1.74. The predicted octanol–water partition coefficient (Wildman–Crippen LogP) is 1.05. The summed E-state index contributed by atoms with van der Waals surface area (Å²) in [6, 6.07) is 0. The predicted molar refractivity (Wildman–Crippen MR) is 55.3 cm³/mol. The zero-order chi connectivity index (χ0) is 10.4. The first-order valence-corrected chi connectivity index (χ1v) is 4.93. The van der Waals surface area contributed by atoms with E-state index in [1.807, 2.05) is 5.38 Å². The van der Waals surface area contributed by atoms with Crippen LogP contribution in [0.2, 0.25) is 0 Å². The van der Waals surface area contributed by atoms with Crippen LogP contribution in [-0.2, 0) is 4.79 Å². The molecule has 0 atom stereocenters. The van der Waals surface area contributed by atoms with Crippen molar-refractivity contribution in [2.45, 2.75) is 6.92 Å². The minimum absolute atomic E-state index is 0.111. The van der Waals surface area contributed by atoms with Crippen LogP contribution in [0.3, 0.4) is 0 Å². The lowest BCUT2D eigenvalue weighted by Crippen LogP contribution is -2.19. The van der Waals surface area contributed by atoms with E-state index >= 15 is 0 Å². The normalized spacial score (nSPS) is 8.64. The quantitative estimate of drug-likeness (QED) is 0.582. The van der Waals surface area contributed by atoms with Crippen LogP contribution in [0.15, 0.2) is 10.8 Å². The van der Waals surface area contributed by atoms with Gasteiger partial charge in [0, 0.05) is 28.8 Å². The van der Waals surface area contributed by atoms with E-state index < -0.39 is 0 Å². The summed E-state index contributed by atoms with van der Waals surface area (Å²) in [5.74, 6) is 5.46. The van der Waals surface area contributed by atoms with Gasteiger partial charge in [0.1, 0.15) is 0 Å². The maximum absolute atomic E-state index is 10.5. The molecule has 3 nitrogen and oxygen atoms in total. The third kappa shape index (κ3) is 3.04. The van der Waals surface area contributed by atoms with Gasteiger partial charge in [0.2, 0.25) is 5.91 Å². The fraction of sp³-hybridized carbons (Fsp3) is 0.200. The number of aldehydes is 1. The highest BCUT2D eigenvalue weighted by Crippen LogP contribution is 2.10. The van der Waals surface area contributed by atoms with Crippen molar-refractivity contribution in [2.75, 3.05) is 6.54 Å². The van der Waals surface area contributed by atoms with Gasteiger partial charge in [-0.1, -0.05) is 11.8 Å². The van der Waals surface area contributed by atoms with Crippen LogP contribution in [0.1, 0.15) is 22.8 Å². The van der Waals surface area contributed by atoms with Crippen molar-refractivity contribution in [1.82, 2.24) is 5.32 Å². The van der Waals surface area contributed by atoms with E-state index in [1.165, 1.54) is 18.3 Å². The van der Waals surface area contributed by atoms with Crippen molar-refractivity contribution in [2.24, 2.45) is 0 Å². The Morgan fingerprint density at radius 1 is 1.64 bits per heavy atom. The Hall–Kier alpha value is -1.60. The average Bonchev–Trinajstić information content (AvgIpc) is 2.59. The van der Waals surface area contributed by atoms with Crippen LogP contribution in [0.4, 0.5) is 0 Å². The summed E-state index contributed by atoms with van der Waals surface area (Å²) in [5, 5.41) is 6.10. The van der Waals surface area contributed by atoms with Crippen molar-refractivity contribution in [3.8, 4) is 11.8 Å². The summed E-state index contributed by atoms with van der Waals surface area (Å²) in [5.41, 5.74) is 1.32. The molecule has 1 amide bonds. The Balaban J connectivity index is 2.58. The van der Waals surface area contributed by atoms with Gasteiger partial charge in [0.15, 0.2) is 6.29 Å². The van der Waals surface area contributed by atoms with Gasteiger partial charge in [-0.25, -0.2) is 0 Å². The Labute approximate surface area is 86.1 Å². The SMILES string of the molecule is CC(=O)NCC#Cc1cscc1C=O. The fourth-order valence-corrected chi connectivity index (χ4v) is 1.54. The molecule has 1 aromatic heterocycles. The van der Waals surface area contributed by atoms with Crippen LogP contribution in [0, 0.1) is 11.8 Å². The second-order valence-electron chi connectivity index (χ2n) is 2.57. The molecule has 0 spiro atoms. The van der Waals surface area contributed by atoms with Gasteiger partial charge in [-0.3, -0.25) is 9.59 Å². The largest absolute Gasteiger partial charge is 0.345 e. The second kappa shape index (κ2) is 5.20. The van der Waals surface area contributed by atoms with E-state index in [0.717, 1.165) is 11.8 Å². The van der Waals surface area contributed by atoms with Gasteiger partial charge in [-0.05, 0) is 0 Å². The van der Waals surface area contributed by atoms with E-state index in [2.05, 4.69) is 17.2 Å². The van der Waals surface area contributed by atoms with Gasteiger partial charge >= 0.3 is 0 Å². The molecule has 0 aliphatic heterocycles. The third-order valence-electron chi connectivity index (χ3n) is 1.47. The summed E-state index contributed by atoms with van der Waals surface area (Å²) < 4.78 is 0. The van der Waals surface area contributed by atoms with Crippen molar-refractivity contribution >= 4 is 23.5 Å². The number of hydrogen-bond donors (Lipinski definition) is 1. The van der Waals surface area contributed by atoms with Crippen LogP contribution < -0.4 is 5.32 Å². The van der Waals surface area contributed by atoms with Crippen molar-refractivity contribution in [3.63, 3.8) is 0 Å². The van der Waals surface area contributed by atoms with Crippen LogP contribution in [0.25, 0.3) is 0 Å². The fourth-order valence-electron chi connectivity index (χ4n) is 0.808. The summed E-state index contributed by atoms with van der Waals surface area (Å²) in [7, 11) is 0. The molecule has 0 radical (unpaired) electrons. The Morgan fingerprint density at radius 3 is 3.07 bits per heavy atom. The van der Waals surface area contributed by atoms with E-state index in [1.54, 1.807) is 5.38 Å². The van der Waals surface area contributed by atoms with Gasteiger partial charge < -0.3 is 5.32 Å².